The molecule has 1 aliphatic carbocycles. The number of allylic oxidation sites excluding steroid dienone is 4. The Morgan fingerprint density at radius 2 is 2.31 bits per heavy atom. The van der Waals surface area contributed by atoms with Gasteiger partial charge in [0.25, 0.3) is 0 Å². The first-order valence-corrected chi connectivity index (χ1v) is 4.86. The minimum absolute atomic E-state index is 0.0489. The Morgan fingerprint density at radius 3 is 2.85 bits per heavy atom. The molecule has 0 aromatic carbocycles. The van der Waals surface area contributed by atoms with E-state index < -0.39 is 0 Å². The Morgan fingerprint density at radius 1 is 1.62 bits per heavy atom. The summed E-state index contributed by atoms with van der Waals surface area (Å²) in [5.74, 6) is 0.0489. The summed E-state index contributed by atoms with van der Waals surface area (Å²) in [4.78, 5) is 0. The van der Waals surface area contributed by atoms with Crippen LogP contribution in [0.3, 0.4) is 0 Å². The molecule has 1 rings (SSSR count). The molecule has 1 atom stereocenters. The fraction of sp³-hybridized carbons (Fsp3) is 0.583. The average molecular weight is 175 g/mol. The summed E-state index contributed by atoms with van der Waals surface area (Å²) in [5.41, 5.74) is 1.53. The Balaban J connectivity index is 2.90. The lowest BCUT2D eigenvalue weighted by molar-refractivity contribution is 0.306. The van der Waals surface area contributed by atoms with Crippen LogP contribution in [0.4, 0.5) is 0 Å². The predicted molar refractivity (Wildman–Crippen MR) is 55.0 cm³/mol. The van der Waals surface area contributed by atoms with Crippen LogP contribution in [0.5, 0.6) is 0 Å². The van der Waals surface area contributed by atoms with Crippen LogP contribution >= 0.6 is 0 Å². The first-order chi connectivity index (χ1) is 6.10. The lowest BCUT2D eigenvalue weighted by atomic mass is 9.75. The van der Waals surface area contributed by atoms with Crippen molar-refractivity contribution in [2.75, 3.05) is 0 Å². The highest BCUT2D eigenvalue weighted by molar-refractivity contribution is 5.22. The van der Waals surface area contributed by atoms with E-state index >= 15 is 0 Å². The van der Waals surface area contributed by atoms with Crippen molar-refractivity contribution in [3.8, 4) is 6.07 Å². The molecule has 0 saturated carbocycles. The van der Waals surface area contributed by atoms with Gasteiger partial charge in [0.15, 0.2) is 0 Å². The Hall–Kier alpha value is -1.03. The van der Waals surface area contributed by atoms with E-state index in [1.165, 1.54) is 5.57 Å². The second-order valence-corrected chi connectivity index (χ2v) is 4.34. The van der Waals surface area contributed by atoms with Gasteiger partial charge in [-0.3, -0.25) is 0 Å². The van der Waals surface area contributed by atoms with Gasteiger partial charge in [-0.05, 0) is 18.3 Å². The molecule has 13 heavy (non-hydrogen) atoms. The quantitative estimate of drug-likeness (QED) is 0.598. The summed E-state index contributed by atoms with van der Waals surface area (Å²) in [6.45, 7) is 6.50. The maximum Gasteiger partial charge on any atom is 0.0703 e. The van der Waals surface area contributed by atoms with Crippen molar-refractivity contribution in [2.24, 2.45) is 11.3 Å². The molecule has 0 aromatic rings. The van der Waals surface area contributed by atoms with Gasteiger partial charge >= 0.3 is 0 Å². The first kappa shape index (κ1) is 10.1. The van der Waals surface area contributed by atoms with E-state index in [1.807, 2.05) is 12.2 Å². The molecule has 0 amide bonds. The SMILES string of the molecule is CCC1=CC=CC(C#N)C(C)(C)C1. The third-order valence-electron chi connectivity index (χ3n) is 2.75. The summed E-state index contributed by atoms with van der Waals surface area (Å²) >= 11 is 0. The minimum atomic E-state index is 0.0489. The highest BCUT2D eigenvalue weighted by Gasteiger charge is 2.29. The second kappa shape index (κ2) is 3.79. The molecule has 70 valence electrons. The van der Waals surface area contributed by atoms with Gasteiger partial charge in [0.1, 0.15) is 0 Å². The molecule has 1 heteroatoms. The fourth-order valence-electron chi connectivity index (χ4n) is 1.78. The van der Waals surface area contributed by atoms with Crippen LogP contribution in [0.15, 0.2) is 23.8 Å². The van der Waals surface area contributed by atoms with Crippen LogP contribution in [0.1, 0.15) is 33.6 Å². The largest absolute Gasteiger partial charge is 0.198 e. The summed E-state index contributed by atoms with van der Waals surface area (Å²) in [7, 11) is 0. The summed E-state index contributed by atoms with van der Waals surface area (Å²) in [5, 5.41) is 8.99. The van der Waals surface area contributed by atoms with Crippen molar-refractivity contribution in [1.29, 1.82) is 5.26 Å². The van der Waals surface area contributed by atoms with E-state index in [2.05, 4.69) is 32.9 Å². The maximum absolute atomic E-state index is 8.99. The van der Waals surface area contributed by atoms with Gasteiger partial charge in [0.2, 0.25) is 0 Å². The van der Waals surface area contributed by atoms with Gasteiger partial charge in [0, 0.05) is 0 Å². The number of hydrogen-bond donors (Lipinski definition) is 0. The molecule has 0 saturated heterocycles. The van der Waals surface area contributed by atoms with Crippen LogP contribution in [-0.4, -0.2) is 0 Å². The first-order valence-electron chi connectivity index (χ1n) is 4.86. The van der Waals surface area contributed by atoms with Crippen LogP contribution in [0.25, 0.3) is 0 Å². The lowest BCUT2D eigenvalue weighted by Crippen LogP contribution is -2.21. The van der Waals surface area contributed by atoms with Gasteiger partial charge in [0.05, 0.1) is 12.0 Å². The van der Waals surface area contributed by atoms with Crippen LogP contribution in [0, 0.1) is 22.7 Å². The third-order valence-corrected chi connectivity index (χ3v) is 2.75. The van der Waals surface area contributed by atoms with Crippen LogP contribution in [-0.2, 0) is 0 Å². The van der Waals surface area contributed by atoms with Crippen LogP contribution in [0.2, 0.25) is 0 Å². The Kier molecular flexibility index (Phi) is 2.93. The molecule has 0 bridgehead atoms. The highest BCUT2D eigenvalue weighted by atomic mass is 14.4. The maximum atomic E-state index is 8.99. The van der Waals surface area contributed by atoms with Crippen molar-refractivity contribution in [1.82, 2.24) is 0 Å². The number of nitrogens with zero attached hydrogens (tertiary/aromatic N) is 1. The molecular weight excluding hydrogens is 158 g/mol. The van der Waals surface area contributed by atoms with Gasteiger partial charge in [-0.15, -0.1) is 0 Å². The predicted octanol–water partition coefficient (Wildman–Crippen LogP) is 3.45. The zero-order chi connectivity index (χ0) is 9.90. The molecule has 1 unspecified atom stereocenters. The molecule has 0 fully saturated rings. The topological polar surface area (TPSA) is 23.8 Å². The van der Waals surface area contributed by atoms with Gasteiger partial charge < -0.3 is 0 Å². The van der Waals surface area contributed by atoms with Crippen LogP contribution < -0.4 is 0 Å². The molecular formula is C12H17N. The monoisotopic (exact) mass is 175 g/mol. The van der Waals surface area contributed by atoms with E-state index in [0.717, 1.165) is 12.8 Å². The van der Waals surface area contributed by atoms with Gasteiger partial charge in [-0.25, -0.2) is 0 Å². The average Bonchev–Trinajstić information content (AvgIpc) is 2.22. The van der Waals surface area contributed by atoms with E-state index in [4.69, 9.17) is 5.26 Å². The number of hydrogen-bond acceptors (Lipinski definition) is 1. The van der Waals surface area contributed by atoms with E-state index in [0.29, 0.717) is 0 Å². The molecule has 0 heterocycles. The van der Waals surface area contributed by atoms with Gasteiger partial charge in [-0.1, -0.05) is 44.6 Å². The molecule has 0 aliphatic heterocycles. The summed E-state index contributed by atoms with van der Waals surface area (Å²) in [6.07, 6.45) is 8.32. The summed E-state index contributed by atoms with van der Waals surface area (Å²) in [6, 6.07) is 2.36. The highest BCUT2D eigenvalue weighted by Crippen LogP contribution is 2.37. The molecule has 0 radical (unpaired) electrons. The Labute approximate surface area is 80.8 Å². The van der Waals surface area contributed by atoms with E-state index in [1.54, 1.807) is 0 Å². The smallest absolute Gasteiger partial charge is 0.0703 e. The Bertz CT molecular complexity index is 276. The third kappa shape index (κ3) is 2.21. The minimum Gasteiger partial charge on any atom is -0.198 e. The normalized spacial score (nSPS) is 26.0. The number of nitriles is 1. The molecule has 0 aromatic heterocycles. The van der Waals surface area contributed by atoms with Crippen molar-refractivity contribution >= 4 is 0 Å². The fourth-order valence-corrected chi connectivity index (χ4v) is 1.78. The summed E-state index contributed by atoms with van der Waals surface area (Å²) < 4.78 is 0. The second-order valence-electron chi connectivity index (χ2n) is 4.34. The van der Waals surface area contributed by atoms with Crippen molar-refractivity contribution in [2.45, 2.75) is 33.6 Å². The van der Waals surface area contributed by atoms with Gasteiger partial charge in [-0.2, -0.15) is 5.26 Å². The van der Waals surface area contributed by atoms with E-state index in [-0.39, 0.29) is 11.3 Å². The van der Waals surface area contributed by atoms with E-state index in [9.17, 15) is 0 Å². The van der Waals surface area contributed by atoms with Crippen molar-refractivity contribution in [3.05, 3.63) is 23.8 Å². The van der Waals surface area contributed by atoms with Crippen molar-refractivity contribution in [3.63, 3.8) is 0 Å². The van der Waals surface area contributed by atoms with Crippen molar-refractivity contribution < 1.29 is 0 Å². The standard InChI is InChI=1S/C12H17N/c1-4-10-6-5-7-11(9-13)12(2,3)8-10/h5-7,11H,4,8H2,1-3H3. The number of rotatable bonds is 1. The molecule has 1 nitrogen and oxygen atoms in total. The molecule has 0 spiro atoms. The molecule has 1 aliphatic rings. The molecule has 0 N–H and O–H groups in total. The zero-order valence-corrected chi connectivity index (χ0v) is 8.67. The zero-order valence-electron chi connectivity index (χ0n) is 8.67. The lowest BCUT2D eigenvalue weighted by Gasteiger charge is -2.27.